The highest BCUT2D eigenvalue weighted by atomic mass is 32.2. The molecule has 2 amide bonds. The number of amides is 2. The van der Waals surface area contributed by atoms with Crippen molar-refractivity contribution >= 4 is 33.2 Å². The number of rotatable bonds is 14. The van der Waals surface area contributed by atoms with Crippen molar-refractivity contribution in [3.63, 3.8) is 0 Å². The fraction of sp³-hybridized carbons (Fsp3) is 0.235. The van der Waals surface area contributed by atoms with Gasteiger partial charge >= 0.3 is 0 Å². The van der Waals surface area contributed by atoms with Crippen molar-refractivity contribution in [1.29, 1.82) is 0 Å². The van der Waals surface area contributed by atoms with Crippen LogP contribution in [-0.4, -0.2) is 56.3 Å². The Morgan fingerprint density at radius 3 is 2.09 bits per heavy atom. The first-order valence-corrected chi connectivity index (χ1v) is 16.1. The highest BCUT2D eigenvalue weighted by Crippen LogP contribution is 2.29. The van der Waals surface area contributed by atoms with Crippen molar-refractivity contribution in [2.24, 2.45) is 0 Å². The summed E-state index contributed by atoms with van der Waals surface area (Å²) in [5, 5.41) is 14.5. The van der Waals surface area contributed by atoms with Crippen LogP contribution in [0.4, 0.5) is 11.4 Å². The molecule has 0 aromatic heterocycles. The van der Waals surface area contributed by atoms with Gasteiger partial charge in [0.25, 0.3) is 15.7 Å². The number of benzene rings is 4. The molecule has 0 spiro atoms. The second-order valence-corrected chi connectivity index (χ2v) is 12.4. The van der Waals surface area contributed by atoms with Crippen LogP contribution in [0.15, 0.2) is 108 Å². The van der Waals surface area contributed by atoms with Gasteiger partial charge in [0.15, 0.2) is 0 Å². The highest BCUT2D eigenvalue weighted by Gasteiger charge is 2.35. The topological polar surface area (TPSA) is 139 Å². The lowest BCUT2D eigenvalue weighted by molar-refractivity contribution is -0.385. The van der Waals surface area contributed by atoms with E-state index >= 15 is 0 Å². The number of nitro benzene ring substituents is 1. The molecule has 1 N–H and O–H groups in total. The summed E-state index contributed by atoms with van der Waals surface area (Å²) in [7, 11) is -3.06. The van der Waals surface area contributed by atoms with E-state index in [-0.39, 0.29) is 40.7 Å². The molecular formula is C34H36N4O7S. The van der Waals surface area contributed by atoms with E-state index in [9.17, 15) is 28.1 Å². The lowest BCUT2D eigenvalue weighted by atomic mass is 10.0. The molecule has 240 valence electrons. The van der Waals surface area contributed by atoms with Crippen molar-refractivity contribution in [2.75, 3.05) is 24.5 Å². The van der Waals surface area contributed by atoms with Crippen LogP contribution in [0.25, 0.3) is 0 Å². The van der Waals surface area contributed by atoms with Crippen LogP contribution in [0.2, 0.25) is 0 Å². The smallest absolute Gasteiger partial charge is 0.273 e. The lowest BCUT2D eigenvalue weighted by Crippen LogP contribution is -2.53. The fourth-order valence-corrected chi connectivity index (χ4v) is 6.41. The summed E-state index contributed by atoms with van der Waals surface area (Å²) in [4.78, 5) is 40.0. The molecule has 4 aromatic rings. The fourth-order valence-electron chi connectivity index (χ4n) is 4.98. The van der Waals surface area contributed by atoms with Crippen LogP contribution < -0.4 is 14.4 Å². The molecule has 0 heterocycles. The predicted molar refractivity (Wildman–Crippen MR) is 175 cm³/mol. The third-order valence-corrected chi connectivity index (χ3v) is 9.19. The molecule has 12 heteroatoms. The second-order valence-electron chi connectivity index (χ2n) is 10.5. The van der Waals surface area contributed by atoms with Crippen LogP contribution in [-0.2, 0) is 32.6 Å². The average Bonchev–Trinajstić information content (AvgIpc) is 3.06. The molecule has 0 radical (unpaired) electrons. The molecule has 0 fully saturated rings. The Morgan fingerprint density at radius 1 is 0.913 bits per heavy atom. The van der Waals surface area contributed by atoms with Gasteiger partial charge in [-0.15, -0.1) is 0 Å². The third-order valence-electron chi connectivity index (χ3n) is 7.42. The van der Waals surface area contributed by atoms with Gasteiger partial charge in [-0.3, -0.25) is 24.0 Å². The van der Waals surface area contributed by atoms with Crippen LogP contribution in [0.1, 0.15) is 23.6 Å². The molecule has 4 rings (SSSR count). The maximum Gasteiger partial charge on any atom is 0.273 e. The largest absolute Gasteiger partial charge is 0.497 e. The van der Waals surface area contributed by atoms with Gasteiger partial charge in [-0.05, 0) is 55.3 Å². The maximum absolute atomic E-state index is 14.4. The van der Waals surface area contributed by atoms with Crippen LogP contribution >= 0.6 is 0 Å². The Morgan fingerprint density at radius 2 is 1.52 bits per heavy atom. The van der Waals surface area contributed by atoms with Gasteiger partial charge in [0.2, 0.25) is 11.8 Å². The second kappa shape index (κ2) is 15.2. The number of nitrogens with one attached hydrogen (secondary N) is 1. The molecule has 4 aromatic carbocycles. The standard InChI is InChI=1S/C34H36N4O7S/c1-4-35-34(40)32(21-26-11-7-5-8-12-26)36(23-27-13-9-6-10-14-27)33(39)24-37(28-16-18-29(45-3)19-17-28)46(43,44)30-20-15-25(2)31(22-30)38(41)42/h5-20,22,32H,4,21,23-24H2,1-3H3,(H,35,40)/t32-/m0/s1. The third kappa shape index (κ3) is 8.07. The molecular weight excluding hydrogens is 608 g/mol. The molecule has 0 aliphatic rings. The van der Waals surface area contributed by atoms with Crippen LogP contribution in [0.5, 0.6) is 5.75 Å². The first-order valence-electron chi connectivity index (χ1n) is 14.6. The molecule has 0 saturated heterocycles. The summed E-state index contributed by atoms with van der Waals surface area (Å²) < 4.78 is 34.6. The number of hydrogen-bond donors (Lipinski definition) is 1. The number of likely N-dealkylation sites (N-methyl/N-ethyl adjacent to an activating group) is 1. The quantitative estimate of drug-likeness (QED) is 0.152. The lowest BCUT2D eigenvalue weighted by Gasteiger charge is -2.33. The summed E-state index contributed by atoms with van der Waals surface area (Å²) >= 11 is 0. The molecule has 0 aliphatic heterocycles. The Bertz CT molecular complexity index is 1770. The van der Waals surface area contributed by atoms with Crippen LogP contribution in [0.3, 0.4) is 0 Å². The zero-order valence-electron chi connectivity index (χ0n) is 25.8. The van der Waals surface area contributed by atoms with Gasteiger partial charge in [-0.2, -0.15) is 0 Å². The number of carbonyl (C=O) groups excluding carboxylic acids is 2. The molecule has 1 atom stereocenters. The van der Waals surface area contributed by atoms with E-state index in [0.717, 1.165) is 21.5 Å². The van der Waals surface area contributed by atoms with Gasteiger partial charge in [-0.25, -0.2) is 8.42 Å². The van der Waals surface area contributed by atoms with Gasteiger partial charge < -0.3 is 15.0 Å². The number of aryl methyl sites for hydroxylation is 1. The van der Waals surface area contributed by atoms with Crippen LogP contribution in [0, 0.1) is 17.0 Å². The van der Waals surface area contributed by atoms with E-state index in [4.69, 9.17) is 4.74 Å². The minimum atomic E-state index is -4.52. The Kier molecular flexibility index (Phi) is 11.1. The summed E-state index contributed by atoms with van der Waals surface area (Å²) in [6.45, 7) is 2.96. The van der Waals surface area contributed by atoms with E-state index in [1.807, 2.05) is 60.7 Å². The maximum atomic E-state index is 14.4. The number of ether oxygens (including phenoxy) is 1. The zero-order chi connectivity index (χ0) is 33.3. The highest BCUT2D eigenvalue weighted by molar-refractivity contribution is 7.92. The number of nitro groups is 1. The van der Waals surface area contributed by atoms with Gasteiger partial charge in [0, 0.05) is 31.1 Å². The number of carbonyl (C=O) groups is 2. The summed E-state index contributed by atoms with van der Waals surface area (Å²) in [6.07, 6.45) is 0.185. The molecule has 0 aliphatic carbocycles. The predicted octanol–water partition coefficient (Wildman–Crippen LogP) is 4.88. The Hall–Kier alpha value is -5.23. The molecule has 0 unspecified atom stereocenters. The van der Waals surface area contributed by atoms with E-state index in [0.29, 0.717) is 12.3 Å². The molecule has 0 bridgehead atoms. The van der Waals surface area contributed by atoms with E-state index in [1.54, 1.807) is 19.1 Å². The monoisotopic (exact) mass is 644 g/mol. The SMILES string of the molecule is CCNC(=O)[C@H](Cc1ccccc1)N(Cc1ccccc1)C(=O)CN(c1ccc(OC)cc1)S(=O)(=O)c1ccc(C)c([N+](=O)[O-])c1. The Balaban J connectivity index is 1.82. The summed E-state index contributed by atoms with van der Waals surface area (Å²) in [6, 6.07) is 27.1. The van der Waals surface area contributed by atoms with E-state index in [1.165, 1.54) is 43.2 Å². The number of nitrogens with zero attached hydrogens (tertiary/aromatic N) is 3. The van der Waals surface area contributed by atoms with Gasteiger partial charge in [-0.1, -0.05) is 66.7 Å². The number of sulfonamides is 1. The first kappa shape index (κ1) is 33.7. The van der Waals surface area contributed by atoms with Crippen molar-refractivity contribution in [3.05, 3.63) is 130 Å². The normalized spacial score (nSPS) is 11.7. The average molecular weight is 645 g/mol. The molecule has 46 heavy (non-hydrogen) atoms. The van der Waals surface area contributed by atoms with Crippen molar-refractivity contribution in [3.8, 4) is 5.75 Å². The molecule has 0 saturated carbocycles. The number of anilines is 1. The van der Waals surface area contributed by atoms with Gasteiger partial charge in [0.05, 0.1) is 22.6 Å². The Labute approximate surface area is 268 Å². The van der Waals surface area contributed by atoms with Gasteiger partial charge in [0.1, 0.15) is 18.3 Å². The number of methoxy groups -OCH3 is 1. The van der Waals surface area contributed by atoms with Crippen molar-refractivity contribution in [2.45, 2.75) is 37.8 Å². The molecule has 11 nitrogen and oxygen atoms in total. The summed E-state index contributed by atoms with van der Waals surface area (Å²) in [5.41, 5.74) is 1.61. The van der Waals surface area contributed by atoms with Crippen molar-refractivity contribution < 1.29 is 27.7 Å². The zero-order valence-corrected chi connectivity index (χ0v) is 26.6. The van der Waals surface area contributed by atoms with E-state index in [2.05, 4.69) is 5.32 Å². The number of hydrogen-bond acceptors (Lipinski definition) is 7. The minimum absolute atomic E-state index is 0.0286. The summed E-state index contributed by atoms with van der Waals surface area (Å²) in [5.74, 6) is -0.566. The van der Waals surface area contributed by atoms with E-state index < -0.39 is 33.4 Å². The minimum Gasteiger partial charge on any atom is -0.497 e. The first-order chi connectivity index (χ1) is 22.0. The van der Waals surface area contributed by atoms with Crippen molar-refractivity contribution in [1.82, 2.24) is 10.2 Å².